The molecular formula is C19H22N2O4. The molecule has 0 unspecified atom stereocenters. The summed E-state index contributed by atoms with van der Waals surface area (Å²) in [5.41, 5.74) is 1.03. The molecule has 1 N–H and O–H groups in total. The number of benzene rings is 1. The summed E-state index contributed by atoms with van der Waals surface area (Å²) in [6, 6.07) is 11.5. The molecule has 2 aromatic rings. The Balaban J connectivity index is 1.46. The topological polar surface area (TPSA) is 63.9 Å². The van der Waals surface area contributed by atoms with E-state index in [0.717, 1.165) is 42.2 Å². The van der Waals surface area contributed by atoms with Crippen molar-refractivity contribution in [2.75, 3.05) is 20.3 Å². The number of rotatable bonds is 4. The van der Waals surface area contributed by atoms with Gasteiger partial charge in [0.2, 0.25) is 0 Å². The number of hydrogen-bond donors (Lipinski definition) is 1. The number of carbonyl (C=O) groups is 1. The molecule has 1 fully saturated rings. The van der Waals surface area contributed by atoms with Gasteiger partial charge < -0.3 is 24.1 Å². The van der Waals surface area contributed by atoms with Crippen molar-refractivity contribution in [2.24, 2.45) is 0 Å². The van der Waals surface area contributed by atoms with Crippen LogP contribution < -0.4 is 10.1 Å². The van der Waals surface area contributed by atoms with Crippen molar-refractivity contribution in [1.82, 2.24) is 10.2 Å². The zero-order valence-electron chi connectivity index (χ0n) is 14.2. The van der Waals surface area contributed by atoms with Crippen LogP contribution >= 0.6 is 0 Å². The lowest BCUT2D eigenvalue weighted by molar-refractivity contribution is 0.155. The monoisotopic (exact) mass is 342 g/mol. The fourth-order valence-corrected chi connectivity index (χ4v) is 3.61. The number of ether oxygens (including phenoxy) is 2. The number of likely N-dealkylation sites (tertiary alicyclic amines) is 1. The lowest BCUT2D eigenvalue weighted by Crippen LogP contribution is -2.41. The average molecular weight is 342 g/mol. The SMILES string of the molecule is COCc1ccc([C@H]2CCCN2C(=O)N[C@@H]2COc3ccccc32)o1. The first-order valence-electron chi connectivity index (χ1n) is 8.62. The largest absolute Gasteiger partial charge is 0.491 e. The quantitative estimate of drug-likeness (QED) is 0.925. The van der Waals surface area contributed by atoms with Crippen LogP contribution in [0.4, 0.5) is 4.79 Å². The van der Waals surface area contributed by atoms with Gasteiger partial charge in [-0.1, -0.05) is 18.2 Å². The molecule has 2 amide bonds. The third-order valence-corrected chi connectivity index (χ3v) is 4.81. The zero-order valence-corrected chi connectivity index (χ0v) is 14.2. The summed E-state index contributed by atoms with van der Waals surface area (Å²) < 4.78 is 16.6. The van der Waals surface area contributed by atoms with Crippen molar-refractivity contribution in [2.45, 2.75) is 31.5 Å². The van der Waals surface area contributed by atoms with Crippen LogP contribution in [0.25, 0.3) is 0 Å². The van der Waals surface area contributed by atoms with Gasteiger partial charge in [0, 0.05) is 19.2 Å². The van der Waals surface area contributed by atoms with E-state index in [1.165, 1.54) is 0 Å². The fourth-order valence-electron chi connectivity index (χ4n) is 3.61. The summed E-state index contributed by atoms with van der Waals surface area (Å²) >= 11 is 0. The molecule has 1 aromatic heterocycles. The molecule has 3 heterocycles. The number of urea groups is 1. The Labute approximate surface area is 146 Å². The van der Waals surface area contributed by atoms with Gasteiger partial charge in [0.15, 0.2) is 0 Å². The number of amides is 2. The number of carbonyl (C=O) groups excluding carboxylic acids is 1. The highest BCUT2D eigenvalue weighted by Crippen LogP contribution is 2.35. The van der Waals surface area contributed by atoms with E-state index in [-0.39, 0.29) is 18.1 Å². The molecule has 4 rings (SSSR count). The molecule has 0 spiro atoms. The van der Waals surface area contributed by atoms with Gasteiger partial charge in [-0.25, -0.2) is 4.79 Å². The molecule has 6 nitrogen and oxygen atoms in total. The van der Waals surface area contributed by atoms with E-state index >= 15 is 0 Å². The predicted octanol–water partition coefficient (Wildman–Crippen LogP) is 3.41. The van der Waals surface area contributed by atoms with Gasteiger partial charge in [-0.2, -0.15) is 0 Å². The smallest absolute Gasteiger partial charge is 0.318 e. The first kappa shape index (κ1) is 16.0. The number of nitrogens with zero attached hydrogens (tertiary/aromatic N) is 1. The van der Waals surface area contributed by atoms with E-state index < -0.39 is 0 Å². The minimum Gasteiger partial charge on any atom is -0.491 e. The Kier molecular flexibility index (Phi) is 4.36. The van der Waals surface area contributed by atoms with E-state index in [1.54, 1.807) is 7.11 Å². The van der Waals surface area contributed by atoms with Gasteiger partial charge in [-0.3, -0.25) is 0 Å². The maximum Gasteiger partial charge on any atom is 0.318 e. The lowest BCUT2D eigenvalue weighted by Gasteiger charge is -2.25. The van der Waals surface area contributed by atoms with E-state index in [4.69, 9.17) is 13.9 Å². The average Bonchev–Trinajstić information content (AvgIpc) is 3.34. The molecule has 1 saturated heterocycles. The van der Waals surface area contributed by atoms with Crippen LogP contribution in [-0.4, -0.2) is 31.2 Å². The second kappa shape index (κ2) is 6.80. The highest BCUT2D eigenvalue weighted by Gasteiger charge is 2.34. The first-order chi connectivity index (χ1) is 12.3. The van der Waals surface area contributed by atoms with Crippen molar-refractivity contribution in [3.05, 3.63) is 53.5 Å². The van der Waals surface area contributed by atoms with Crippen molar-refractivity contribution in [3.63, 3.8) is 0 Å². The predicted molar refractivity (Wildman–Crippen MR) is 91.3 cm³/mol. The van der Waals surface area contributed by atoms with Crippen molar-refractivity contribution >= 4 is 6.03 Å². The minimum absolute atomic E-state index is 0.0248. The maximum atomic E-state index is 12.8. The molecule has 0 bridgehead atoms. The van der Waals surface area contributed by atoms with Gasteiger partial charge in [0.1, 0.15) is 30.5 Å². The summed E-state index contributed by atoms with van der Waals surface area (Å²) in [5.74, 6) is 2.45. The highest BCUT2D eigenvalue weighted by atomic mass is 16.5. The summed E-state index contributed by atoms with van der Waals surface area (Å²) in [7, 11) is 1.64. The molecule has 25 heavy (non-hydrogen) atoms. The second-order valence-electron chi connectivity index (χ2n) is 6.44. The summed E-state index contributed by atoms with van der Waals surface area (Å²) in [6.07, 6.45) is 1.88. The van der Waals surface area contributed by atoms with Crippen LogP contribution in [0.3, 0.4) is 0 Å². The Morgan fingerprint density at radius 1 is 1.32 bits per heavy atom. The number of methoxy groups -OCH3 is 1. The molecule has 0 radical (unpaired) electrons. The van der Waals surface area contributed by atoms with E-state index in [1.807, 2.05) is 41.3 Å². The van der Waals surface area contributed by atoms with Crippen LogP contribution in [0.1, 0.15) is 42.0 Å². The Morgan fingerprint density at radius 2 is 2.20 bits per heavy atom. The van der Waals surface area contributed by atoms with Crippen molar-refractivity contribution < 1.29 is 18.7 Å². The Morgan fingerprint density at radius 3 is 3.08 bits per heavy atom. The van der Waals surface area contributed by atoms with E-state index in [0.29, 0.717) is 13.2 Å². The van der Waals surface area contributed by atoms with Gasteiger partial charge in [0.25, 0.3) is 0 Å². The van der Waals surface area contributed by atoms with E-state index in [2.05, 4.69) is 5.32 Å². The van der Waals surface area contributed by atoms with Gasteiger partial charge in [-0.15, -0.1) is 0 Å². The molecular weight excluding hydrogens is 320 g/mol. The molecule has 6 heteroatoms. The van der Waals surface area contributed by atoms with Gasteiger partial charge in [-0.05, 0) is 31.0 Å². The van der Waals surface area contributed by atoms with Crippen molar-refractivity contribution in [3.8, 4) is 5.75 Å². The summed E-state index contributed by atoms with van der Waals surface area (Å²) in [6.45, 7) is 1.64. The summed E-state index contributed by atoms with van der Waals surface area (Å²) in [5, 5.41) is 3.10. The first-order valence-corrected chi connectivity index (χ1v) is 8.62. The van der Waals surface area contributed by atoms with Crippen LogP contribution in [0.15, 0.2) is 40.8 Å². The standard InChI is InChI=1S/C19H22N2O4/c1-23-11-13-8-9-18(25-13)16-6-4-10-21(16)19(22)20-15-12-24-17-7-3-2-5-14(15)17/h2-3,5,7-9,15-16H,4,6,10-12H2,1H3,(H,20,22)/t15-,16-/m1/s1. The molecule has 132 valence electrons. The lowest BCUT2D eigenvalue weighted by atomic mass is 10.1. The highest BCUT2D eigenvalue weighted by molar-refractivity contribution is 5.76. The zero-order chi connectivity index (χ0) is 17.2. The number of nitrogens with one attached hydrogen (secondary N) is 1. The third kappa shape index (κ3) is 3.09. The maximum absolute atomic E-state index is 12.8. The van der Waals surface area contributed by atoms with Crippen LogP contribution in [0, 0.1) is 0 Å². The molecule has 1 aromatic carbocycles. The minimum atomic E-state index is -0.106. The molecule has 0 saturated carbocycles. The number of hydrogen-bond acceptors (Lipinski definition) is 4. The van der Waals surface area contributed by atoms with Crippen LogP contribution in [0.2, 0.25) is 0 Å². The molecule has 2 aliphatic rings. The Bertz CT molecular complexity index is 757. The number of furan rings is 1. The molecule has 2 atom stereocenters. The normalized spacial score (nSPS) is 21.9. The summed E-state index contributed by atoms with van der Waals surface area (Å²) in [4.78, 5) is 14.7. The van der Waals surface area contributed by atoms with Crippen LogP contribution in [0.5, 0.6) is 5.75 Å². The number of fused-ring (bicyclic) bond motifs is 1. The van der Waals surface area contributed by atoms with Gasteiger partial charge in [0.05, 0.1) is 12.1 Å². The Hall–Kier alpha value is -2.47. The fraction of sp³-hybridized carbons (Fsp3) is 0.421. The van der Waals surface area contributed by atoms with Gasteiger partial charge >= 0.3 is 6.03 Å². The molecule has 2 aliphatic heterocycles. The molecule has 0 aliphatic carbocycles. The van der Waals surface area contributed by atoms with Crippen LogP contribution in [-0.2, 0) is 11.3 Å². The second-order valence-corrected chi connectivity index (χ2v) is 6.44. The number of para-hydroxylation sites is 1. The van der Waals surface area contributed by atoms with E-state index in [9.17, 15) is 4.79 Å². The van der Waals surface area contributed by atoms with Crippen molar-refractivity contribution in [1.29, 1.82) is 0 Å². The third-order valence-electron chi connectivity index (χ3n) is 4.81.